The lowest BCUT2D eigenvalue weighted by atomic mass is 10.1. The predicted octanol–water partition coefficient (Wildman–Crippen LogP) is 3.04. The van der Waals surface area contributed by atoms with Gasteiger partial charge >= 0.3 is 0 Å². The van der Waals surface area contributed by atoms with Gasteiger partial charge in [0, 0.05) is 0 Å². The van der Waals surface area contributed by atoms with Crippen molar-refractivity contribution >= 4 is 0 Å². The molecule has 1 N–H and O–H groups in total. The molecule has 0 bridgehead atoms. The van der Waals surface area contributed by atoms with E-state index in [0.717, 1.165) is 12.2 Å². The Balaban J connectivity index is 2.03. The minimum Gasteiger partial charge on any atom is -0.491 e. The molecular formula is C16H18O2. The Morgan fingerprint density at radius 2 is 1.72 bits per heavy atom. The summed E-state index contributed by atoms with van der Waals surface area (Å²) in [5.41, 5.74) is 2.49. The molecule has 94 valence electrons. The van der Waals surface area contributed by atoms with Gasteiger partial charge in [0.1, 0.15) is 12.4 Å². The van der Waals surface area contributed by atoms with Crippen LogP contribution >= 0.6 is 0 Å². The second-order valence-corrected chi connectivity index (χ2v) is 4.47. The molecule has 1 unspecified atom stereocenters. The Labute approximate surface area is 108 Å². The van der Waals surface area contributed by atoms with Gasteiger partial charge in [0.2, 0.25) is 0 Å². The third-order valence-corrected chi connectivity index (χ3v) is 2.64. The van der Waals surface area contributed by atoms with Crippen LogP contribution in [0.3, 0.4) is 0 Å². The Bertz CT molecular complexity index is 477. The first kappa shape index (κ1) is 12.7. The molecule has 0 heterocycles. The maximum absolute atomic E-state index is 9.19. The molecule has 0 amide bonds. The lowest BCUT2D eigenvalue weighted by molar-refractivity contribution is 0.122. The summed E-state index contributed by atoms with van der Waals surface area (Å²) < 4.78 is 5.50. The number of benzene rings is 2. The topological polar surface area (TPSA) is 29.5 Å². The molecule has 2 heteroatoms. The molecule has 1 atom stereocenters. The molecule has 0 saturated carbocycles. The summed E-state index contributed by atoms with van der Waals surface area (Å²) in [4.78, 5) is 0. The molecular weight excluding hydrogens is 224 g/mol. The first-order valence-electron chi connectivity index (χ1n) is 6.18. The molecule has 2 nitrogen and oxygen atoms in total. The fraction of sp³-hybridized carbons (Fsp3) is 0.250. The van der Waals surface area contributed by atoms with Gasteiger partial charge in [-0.2, -0.15) is 0 Å². The molecule has 18 heavy (non-hydrogen) atoms. The summed E-state index contributed by atoms with van der Waals surface area (Å²) in [5, 5.41) is 9.19. The van der Waals surface area contributed by atoms with Crippen molar-refractivity contribution in [1.82, 2.24) is 0 Å². The van der Waals surface area contributed by atoms with Crippen LogP contribution in [0.15, 0.2) is 54.6 Å². The van der Waals surface area contributed by atoms with Crippen LogP contribution in [-0.4, -0.2) is 17.8 Å². The number of hydrogen-bond acceptors (Lipinski definition) is 2. The van der Waals surface area contributed by atoms with Gasteiger partial charge in [-0.15, -0.1) is 0 Å². The van der Waals surface area contributed by atoms with E-state index in [0.29, 0.717) is 6.61 Å². The molecule has 0 spiro atoms. The van der Waals surface area contributed by atoms with E-state index in [9.17, 15) is 5.11 Å². The van der Waals surface area contributed by atoms with Crippen molar-refractivity contribution in [3.63, 3.8) is 0 Å². The molecule has 0 fully saturated rings. The first-order chi connectivity index (χ1) is 8.74. The van der Waals surface area contributed by atoms with Crippen LogP contribution < -0.4 is 4.74 Å². The van der Waals surface area contributed by atoms with E-state index in [4.69, 9.17) is 4.74 Å². The van der Waals surface area contributed by atoms with E-state index in [2.05, 4.69) is 18.2 Å². The minimum absolute atomic E-state index is 0.328. The number of aliphatic hydroxyl groups excluding tert-OH is 1. The molecule has 2 aromatic rings. The standard InChI is InChI=1S/C16H18O2/c1-13(17)12-18-16-9-5-8-15(11-16)10-14-6-3-2-4-7-14/h2-9,11,13,17H,10,12H2,1H3. The van der Waals surface area contributed by atoms with Crippen molar-refractivity contribution in [2.45, 2.75) is 19.4 Å². The van der Waals surface area contributed by atoms with E-state index < -0.39 is 6.10 Å². The number of ether oxygens (including phenoxy) is 1. The van der Waals surface area contributed by atoms with Crippen molar-refractivity contribution < 1.29 is 9.84 Å². The first-order valence-corrected chi connectivity index (χ1v) is 6.18. The van der Waals surface area contributed by atoms with E-state index >= 15 is 0 Å². The molecule has 0 aliphatic heterocycles. The van der Waals surface area contributed by atoms with Crippen molar-refractivity contribution in [2.75, 3.05) is 6.61 Å². The van der Waals surface area contributed by atoms with Crippen molar-refractivity contribution in [2.24, 2.45) is 0 Å². The fourth-order valence-corrected chi connectivity index (χ4v) is 1.79. The van der Waals surface area contributed by atoms with Gasteiger partial charge in [0.05, 0.1) is 6.10 Å². The van der Waals surface area contributed by atoms with Gasteiger partial charge in [-0.3, -0.25) is 0 Å². The maximum atomic E-state index is 9.19. The van der Waals surface area contributed by atoms with Crippen LogP contribution in [0.5, 0.6) is 5.75 Å². The highest BCUT2D eigenvalue weighted by atomic mass is 16.5. The molecule has 0 radical (unpaired) electrons. The second kappa shape index (κ2) is 6.22. The normalized spacial score (nSPS) is 12.1. The SMILES string of the molecule is CC(O)COc1cccc(Cc2ccccc2)c1. The highest BCUT2D eigenvalue weighted by Gasteiger charge is 2.00. The van der Waals surface area contributed by atoms with E-state index in [1.807, 2.05) is 36.4 Å². The second-order valence-electron chi connectivity index (χ2n) is 4.47. The van der Waals surface area contributed by atoms with Crippen molar-refractivity contribution in [3.8, 4) is 5.75 Å². The van der Waals surface area contributed by atoms with E-state index in [1.54, 1.807) is 6.92 Å². The molecule has 2 aromatic carbocycles. The summed E-state index contributed by atoms with van der Waals surface area (Å²) >= 11 is 0. The summed E-state index contributed by atoms with van der Waals surface area (Å²) in [6, 6.07) is 18.3. The number of rotatable bonds is 5. The quantitative estimate of drug-likeness (QED) is 0.873. The van der Waals surface area contributed by atoms with Crippen molar-refractivity contribution in [3.05, 3.63) is 65.7 Å². The summed E-state index contributed by atoms with van der Waals surface area (Å²) in [6.07, 6.45) is 0.454. The van der Waals surface area contributed by atoms with Gasteiger partial charge in [0.25, 0.3) is 0 Å². The highest BCUT2D eigenvalue weighted by molar-refractivity contribution is 5.32. The van der Waals surface area contributed by atoms with E-state index in [1.165, 1.54) is 11.1 Å². The van der Waals surface area contributed by atoms with Crippen LogP contribution in [0, 0.1) is 0 Å². The summed E-state index contributed by atoms with van der Waals surface area (Å²) in [6.45, 7) is 2.04. The Morgan fingerprint density at radius 1 is 1.00 bits per heavy atom. The zero-order chi connectivity index (χ0) is 12.8. The van der Waals surface area contributed by atoms with Gasteiger partial charge in [-0.1, -0.05) is 42.5 Å². The average molecular weight is 242 g/mol. The average Bonchev–Trinajstić information content (AvgIpc) is 2.38. The van der Waals surface area contributed by atoms with E-state index in [-0.39, 0.29) is 0 Å². The maximum Gasteiger partial charge on any atom is 0.119 e. The van der Waals surface area contributed by atoms with Crippen LogP contribution in [0.4, 0.5) is 0 Å². The van der Waals surface area contributed by atoms with Crippen LogP contribution in [-0.2, 0) is 6.42 Å². The smallest absolute Gasteiger partial charge is 0.119 e. The zero-order valence-corrected chi connectivity index (χ0v) is 10.5. The minimum atomic E-state index is -0.442. The number of hydrogen-bond donors (Lipinski definition) is 1. The largest absolute Gasteiger partial charge is 0.491 e. The van der Waals surface area contributed by atoms with Gasteiger partial charge in [-0.25, -0.2) is 0 Å². The molecule has 0 aliphatic carbocycles. The number of aliphatic hydroxyl groups is 1. The lowest BCUT2D eigenvalue weighted by Crippen LogP contribution is -2.12. The lowest BCUT2D eigenvalue weighted by Gasteiger charge is -2.09. The Kier molecular flexibility index (Phi) is 4.37. The predicted molar refractivity (Wildman–Crippen MR) is 72.9 cm³/mol. The van der Waals surface area contributed by atoms with Crippen LogP contribution in [0.25, 0.3) is 0 Å². The fourth-order valence-electron chi connectivity index (χ4n) is 1.79. The van der Waals surface area contributed by atoms with Crippen LogP contribution in [0.1, 0.15) is 18.1 Å². The van der Waals surface area contributed by atoms with Gasteiger partial charge in [-0.05, 0) is 36.6 Å². The van der Waals surface area contributed by atoms with Crippen LogP contribution in [0.2, 0.25) is 0 Å². The van der Waals surface area contributed by atoms with Crippen molar-refractivity contribution in [1.29, 1.82) is 0 Å². The van der Waals surface area contributed by atoms with Gasteiger partial charge in [0.15, 0.2) is 0 Å². The Morgan fingerprint density at radius 3 is 2.44 bits per heavy atom. The third-order valence-electron chi connectivity index (χ3n) is 2.64. The Hall–Kier alpha value is -1.80. The zero-order valence-electron chi connectivity index (χ0n) is 10.5. The summed E-state index contributed by atoms with van der Waals surface area (Å²) in [7, 11) is 0. The highest BCUT2D eigenvalue weighted by Crippen LogP contribution is 2.16. The third kappa shape index (κ3) is 3.90. The van der Waals surface area contributed by atoms with Gasteiger partial charge < -0.3 is 9.84 Å². The molecule has 0 aromatic heterocycles. The molecule has 2 rings (SSSR count). The monoisotopic (exact) mass is 242 g/mol. The molecule has 0 saturated heterocycles. The summed E-state index contributed by atoms with van der Waals surface area (Å²) in [5.74, 6) is 0.810. The molecule has 0 aliphatic rings.